The number of hydrogen-bond donors (Lipinski definition) is 1. The van der Waals surface area contributed by atoms with Crippen LogP contribution in [0.5, 0.6) is 0 Å². The highest BCUT2D eigenvalue weighted by atomic mass is 16.1. The maximum absolute atomic E-state index is 12.4. The summed E-state index contributed by atoms with van der Waals surface area (Å²) < 4.78 is 0. The van der Waals surface area contributed by atoms with Crippen molar-refractivity contribution < 1.29 is 4.79 Å². The van der Waals surface area contributed by atoms with Gasteiger partial charge in [0.25, 0.3) is 0 Å². The van der Waals surface area contributed by atoms with Crippen molar-refractivity contribution in [1.82, 2.24) is 4.90 Å². The molecule has 2 aromatic carbocycles. The van der Waals surface area contributed by atoms with Crippen LogP contribution in [0.3, 0.4) is 0 Å². The van der Waals surface area contributed by atoms with Crippen LogP contribution in [-0.4, -0.2) is 29.3 Å². The van der Waals surface area contributed by atoms with E-state index >= 15 is 0 Å². The second kappa shape index (κ2) is 6.64. The van der Waals surface area contributed by atoms with E-state index in [1.54, 1.807) is 0 Å². The van der Waals surface area contributed by atoms with E-state index in [2.05, 4.69) is 47.5 Å². The minimum Gasteiger partial charge on any atom is -0.379 e. The summed E-state index contributed by atoms with van der Waals surface area (Å²) in [5, 5.41) is 3.75. The maximum Gasteiger partial charge on any atom is 0.165 e. The number of carbonyl (C=O) groups is 1. The first-order chi connectivity index (χ1) is 12.1. The van der Waals surface area contributed by atoms with E-state index in [9.17, 15) is 4.79 Å². The Morgan fingerprint density at radius 2 is 1.72 bits per heavy atom. The molecule has 0 aliphatic carbocycles. The van der Waals surface area contributed by atoms with Crippen molar-refractivity contribution >= 4 is 11.5 Å². The molecule has 3 nitrogen and oxygen atoms in total. The third kappa shape index (κ3) is 3.47. The largest absolute Gasteiger partial charge is 0.379 e. The lowest BCUT2D eigenvalue weighted by molar-refractivity contribution is 0.0964. The Hall–Kier alpha value is -2.13. The first-order valence-electron chi connectivity index (χ1n) is 9.32. The van der Waals surface area contributed by atoms with E-state index in [0.29, 0.717) is 6.42 Å². The van der Waals surface area contributed by atoms with Gasteiger partial charge in [-0.2, -0.15) is 0 Å². The van der Waals surface area contributed by atoms with Crippen LogP contribution in [-0.2, 0) is 6.54 Å². The molecule has 0 bridgehead atoms. The van der Waals surface area contributed by atoms with E-state index < -0.39 is 0 Å². The number of hydrogen-bond acceptors (Lipinski definition) is 3. The standard InChI is InChI=1S/C22H26N2O/c1-17-6-8-18(9-7-17)16-24-14-12-22(13-15-24)11-10-21(25)19-4-2-3-5-20(19)23-22/h2-9,23H,10-16H2,1H3. The number of fused-ring (bicyclic) bond motifs is 1. The summed E-state index contributed by atoms with van der Waals surface area (Å²) in [5.41, 5.74) is 4.66. The van der Waals surface area contributed by atoms with Crippen LogP contribution < -0.4 is 5.32 Å². The predicted octanol–water partition coefficient (Wildman–Crippen LogP) is 4.42. The molecule has 0 radical (unpaired) electrons. The lowest BCUT2D eigenvalue weighted by Gasteiger charge is -2.42. The van der Waals surface area contributed by atoms with Crippen LogP contribution in [0.2, 0.25) is 0 Å². The second-order valence-electron chi connectivity index (χ2n) is 7.64. The van der Waals surface area contributed by atoms with Gasteiger partial charge in [0.15, 0.2) is 5.78 Å². The molecule has 0 atom stereocenters. The molecule has 0 amide bonds. The van der Waals surface area contributed by atoms with Crippen LogP contribution in [0.15, 0.2) is 48.5 Å². The molecular weight excluding hydrogens is 308 g/mol. The lowest BCUT2D eigenvalue weighted by atomic mass is 9.83. The molecule has 2 aliphatic heterocycles. The number of carbonyl (C=O) groups excluding carboxylic acids is 1. The number of rotatable bonds is 2. The summed E-state index contributed by atoms with van der Waals surface area (Å²) in [4.78, 5) is 15.0. The van der Waals surface area contributed by atoms with E-state index in [1.807, 2.05) is 18.2 Å². The summed E-state index contributed by atoms with van der Waals surface area (Å²) >= 11 is 0. The number of aryl methyl sites for hydroxylation is 1. The number of nitrogens with zero attached hydrogens (tertiary/aromatic N) is 1. The number of piperidine rings is 1. The topological polar surface area (TPSA) is 32.3 Å². The van der Waals surface area contributed by atoms with Crippen molar-refractivity contribution in [2.75, 3.05) is 18.4 Å². The van der Waals surface area contributed by atoms with Crippen molar-refractivity contribution in [1.29, 1.82) is 0 Å². The van der Waals surface area contributed by atoms with E-state index in [1.165, 1.54) is 11.1 Å². The smallest absolute Gasteiger partial charge is 0.165 e. The number of likely N-dealkylation sites (tertiary alicyclic amines) is 1. The third-order valence-electron chi connectivity index (χ3n) is 5.80. The van der Waals surface area contributed by atoms with E-state index in [4.69, 9.17) is 0 Å². The van der Waals surface area contributed by atoms with Crippen molar-refractivity contribution in [3.63, 3.8) is 0 Å². The fourth-order valence-electron chi connectivity index (χ4n) is 4.14. The van der Waals surface area contributed by atoms with E-state index in [0.717, 1.165) is 50.1 Å². The Balaban J connectivity index is 1.44. The first-order valence-corrected chi connectivity index (χ1v) is 9.32. The third-order valence-corrected chi connectivity index (χ3v) is 5.80. The Labute approximate surface area is 150 Å². The average molecular weight is 334 g/mol. The molecule has 3 heteroatoms. The number of nitrogens with one attached hydrogen (secondary N) is 1. The van der Waals surface area contributed by atoms with Crippen LogP contribution >= 0.6 is 0 Å². The van der Waals surface area contributed by atoms with Gasteiger partial charge in [-0.25, -0.2) is 0 Å². The molecule has 2 aliphatic rings. The summed E-state index contributed by atoms with van der Waals surface area (Å²) in [5.74, 6) is 0.280. The summed E-state index contributed by atoms with van der Waals surface area (Å²) in [6.07, 6.45) is 3.79. The maximum atomic E-state index is 12.4. The van der Waals surface area contributed by atoms with Gasteiger partial charge < -0.3 is 5.32 Å². The van der Waals surface area contributed by atoms with Gasteiger partial charge in [0.05, 0.1) is 0 Å². The Morgan fingerprint density at radius 3 is 2.48 bits per heavy atom. The first kappa shape index (κ1) is 16.3. The molecule has 1 fully saturated rings. The van der Waals surface area contributed by atoms with Gasteiger partial charge in [-0.15, -0.1) is 0 Å². The highest BCUT2D eigenvalue weighted by Crippen LogP contribution is 2.36. The SMILES string of the molecule is Cc1ccc(CN2CCC3(CCC(=O)c4ccccc4N3)CC2)cc1. The molecular formula is C22H26N2O. The van der Waals surface area contributed by atoms with Gasteiger partial charge in [-0.1, -0.05) is 42.0 Å². The fourth-order valence-corrected chi connectivity index (χ4v) is 4.14. The number of benzene rings is 2. The molecule has 1 spiro atoms. The quantitative estimate of drug-likeness (QED) is 0.882. The van der Waals surface area contributed by atoms with Crippen LogP contribution in [0.1, 0.15) is 47.2 Å². The number of anilines is 1. The zero-order chi connectivity index (χ0) is 17.3. The second-order valence-corrected chi connectivity index (χ2v) is 7.64. The molecule has 2 heterocycles. The molecule has 0 unspecified atom stereocenters. The minimum absolute atomic E-state index is 0.0754. The zero-order valence-corrected chi connectivity index (χ0v) is 14.9. The number of para-hydroxylation sites is 1. The van der Waals surface area contributed by atoms with Gasteiger partial charge in [0.2, 0.25) is 0 Å². The van der Waals surface area contributed by atoms with Crippen molar-refractivity contribution in [2.45, 2.75) is 44.7 Å². The number of ketones is 1. The Morgan fingerprint density at radius 1 is 1.00 bits per heavy atom. The monoisotopic (exact) mass is 334 g/mol. The average Bonchev–Trinajstić information content (AvgIpc) is 2.77. The summed E-state index contributed by atoms with van der Waals surface area (Å²) in [7, 11) is 0. The minimum atomic E-state index is 0.0754. The molecule has 4 rings (SSSR count). The highest BCUT2D eigenvalue weighted by molar-refractivity contribution is 6.02. The molecule has 0 aromatic heterocycles. The van der Waals surface area contributed by atoms with Gasteiger partial charge in [0, 0.05) is 42.8 Å². The summed E-state index contributed by atoms with van der Waals surface area (Å²) in [6.45, 7) is 5.31. The van der Waals surface area contributed by atoms with Crippen molar-refractivity contribution in [3.05, 3.63) is 65.2 Å². The molecule has 1 saturated heterocycles. The zero-order valence-electron chi connectivity index (χ0n) is 14.9. The molecule has 130 valence electrons. The van der Waals surface area contributed by atoms with Crippen molar-refractivity contribution in [3.8, 4) is 0 Å². The van der Waals surface area contributed by atoms with Gasteiger partial charge in [-0.3, -0.25) is 9.69 Å². The van der Waals surface area contributed by atoms with Gasteiger partial charge in [-0.05, 0) is 43.9 Å². The molecule has 1 N–H and O–H groups in total. The Bertz CT molecular complexity index is 758. The molecule has 2 aromatic rings. The Kier molecular flexibility index (Phi) is 4.34. The normalized spacial score (nSPS) is 20.0. The van der Waals surface area contributed by atoms with Crippen LogP contribution in [0.25, 0.3) is 0 Å². The van der Waals surface area contributed by atoms with Crippen LogP contribution in [0.4, 0.5) is 5.69 Å². The fraction of sp³-hybridized carbons (Fsp3) is 0.409. The van der Waals surface area contributed by atoms with Gasteiger partial charge in [0.1, 0.15) is 0 Å². The van der Waals surface area contributed by atoms with E-state index in [-0.39, 0.29) is 11.3 Å². The number of Topliss-reactive ketones (excluding diaryl/α,β-unsaturated/α-hetero) is 1. The highest BCUT2D eigenvalue weighted by Gasteiger charge is 2.37. The van der Waals surface area contributed by atoms with Crippen LogP contribution in [0, 0.1) is 6.92 Å². The lowest BCUT2D eigenvalue weighted by Crippen LogP contribution is -2.48. The molecule has 0 saturated carbocycles. The van der Waals surface area contributed by atoms with Crippen molar-refractivity contribution in [2.24, 2.45) is 0 Å². The van der Waals surface area contributed by atoms with Gasteiger partial charge >= 0.3 is 0 Å². The molecule has 25 heavy (non-hydrogen) atoms. The summed E-state index contributed by atoms with van der Waals surface area (Å²) in [6, 6.07) is 16.8. The predicted molar refractivity (Wildman–Crippen MR) is 102 cm³/mol.